The number of hydrogen-bond donors (Lipinski definition) is 2. The molecule has 1 atom stereocenters. The van der Waals surface area contributed by atoms with E-state index in [4.69, 9.17) is 4.74 Å². The van der Waals surface area contributed by atoms with Gasteiger partial charge in [-0.05, 0) is 18.9 Å². The van der Waals surface area contributed by atoms with Crippen molar-refractivity contribution in [1.82, 2.24) is 10.3 Å². The van der Waals surface area contributed by atoms with Crippen LogP contribution in [0.25, 0.3) is 11.3 Å². The van der Waals surface area contributed by atoms with Crippen molar-refractivity contribution in [1.29, 1.82) is 0 Å². The molecule has 1 aliphatic rings. The summed E-state index contributed by atoms with van der Waals surface area (Å²) in [5.41, 5.74) is 3.35. The third-order valence-corrected chi connectivity index (χ3v) is 4.90. The lowest BCUT2D eigenvalue weighted by molar-refractivity contribution is -0.128. The first-order valence-electron chi connectivity index (χ1n) is 8.37. The fourth-order valence-electron chi connectivity index (χ4n) is 2.76. The van der Waals surface area contributed by atoms with Gasteiger partial charge in [0.1, 0.15) is 6.10 Å². The lowest BCUT2D eigenvalue weighted by Gasteiger charge is -2.22. The molecular formula is C18H24ClN3O2S. The molecule has 0 aliphatic carbocycles. The molecule has 2 N–H and O–H groups in total. The second-order valence-electron chi connectivity index (χ2n) is 5.92. The highest BCUT2D eigenvalue weighted by atomic mass is 35.5. The van der Waals surface area contributed by atoms with Crippen molar-refractivity contribution >= 4 is 34.8 Å². The van der Waals surface area contributed by atoms with Crippen LogP contribution in [-0.2, 0) is 16.0 Å². The van der Waals surface area contributed by atoms with E-state index in [2.05, 4.69) is 46.8 Å². The van der Waals surface area contributed by atoms with E-state index >= 15 is 0 Å². The zero-order valence-electron chi connectivity index (χ0n) is 14.5. The summed E-state index contributed by atoms with van der Waals surface area (Å²) in [6.07, 6.45) is 1.79. The summed E-state index contributed by atoms with van der Waals surface area (Å²) in [5, 5.41) is 6.66. The van der Waals surface area contributed by atoms with Crippen LogP contribution in [0.15, 0.2) is 24.3 Å². The van der Waals surface area contributed by atoms with Gasteiger partial charge in [-0.3, -0.25) is 10.1 Å². The van der Waals surface area contributed by atoms with E-state index < -0.39 is 6.10 Å². The van der Waals surface area contributed by atoms with Crippen LogP contribution in [0, 0.1) is 6.92 Å². The van der Waals surface area contributed by atoms with Gasteiger partial charge in [-0.1, -0.05) is 37.6 Å². The van der Waals surface area contributed by atoms with Crippen molar-refractivity contribution in [2.45, 2.75) is 32.8 Å². The van der Waals surface area contributed by atoms with Crippen molar-refractivity contribution in [2.24, 2.45) is 0 Å². The third kappa shape index (κ3) is 5.01. The summed E-state index contributed by atoms with van der Waals surface area (Å²) in [7, 11) is 0. The maximum absolute atomic E-state index is 12.2. The maximum atomic E-state index is 12.2. The lowest BCUT2D eigenvalue weighted by atomic mass is 10.1. The molecule has 25 heavy (non-hydrogen) atoms. The molecule has 0 saturated carbocycles. The second kappa shape index (κ2) is 9.29. The number of nitrogens with one attached hydrogen (secondary N) is 2. The standard InChI is InChI=1S/C18H23N3O2S.ClH/c1-3-4-13-5-7-14(8-6-13)16-12(2)24-18(20-16)21-17(22)15-11-19-9-10-23-15;/h5-8,15,19H,3-4,9-11H2,1-2H3,(H,20,21,22);1H. The van der Waals surface area contributed by atoms with Gasteiger partial charge in [0.15, 0.2) is 5.13 Å². The fourth-order valence-corrected chi connectivity index (χ4v) is 3.59. The predicted molar refractivity (Wildman–Crippen MR) is 105 cm³/mol. The molecule has 0 bridgehead atoms. The Bertz CT molecular complexity index is 697. The Hall–Kier alpha value is -1.47. The van der Waals surface area contributed by atoms with Gasteiger partial charge in [0, 0.05) is 23.5 Å². The molecule has 2 heterocycles. The Morgan fingerprint density at radius 1 is 1.40 bits per heavy atom. The number of amides is 1. The highest BCUT2D eigenvalue weighted by molar-refractivity contribution is 7.16. The van der Waals surface area contributed by atoms with Gasteiger partial charge >= 0.3 is 0 Å². The number of ether oxygens (including phenoxy) is 1. The van der Waals surface area contributed by atoms with Crippen LogP contribution in [-0.4, -0.2) is 36.7 Å². The van der Waals surface area contributed by atoms with Crippen LogP contribution in [0.3, 0.4) is 0 Å². The number of anilines is 1. The van der Waals surface area contributed by atoms with Crippen molar-refractivity contribution in [3.05, 3.63) is 34.7 Å². The molecule has 0 spiro atoms. The van der Waals surface area contributed by atoms with Crippen LogP contribution >= 0.6 is 23.7 Å². The molecule has 5 nitrogen and oxygen atoms in total. The van der Waals surface area contributed by atoms with Crippen LogP contribution in [0.5, 0.6) is 0 Å². The zero-order chi connectivity index (χ0) is 16.9. The topological polar surface area (TPSA) is 63.2 Å². The average molecular weight is 382 g/mol. The van der Waals surface area contributed by atoms with E-state index in [9.17, 15) is 4.79 Å². The molecule has 136 valence electrons. The number of halogens is 1. The van der Waals surface area contributed by atoms with E-state index in [0.29, 0.717) is 18.3 Å². The van der Waals surface area contributed by atoms with Gasteiger partial charge in [-0.25, -0.2) is 4.98 Å². The number of aromatic nitrogens is 1. The molecule has 3 rings (SSSR count). The Balaban J connectivity index is 0.00000225. The molecule has 2 aromatic rings. The number of rotatable bonds is 5. The van der Waals surface area contributed by atoms with Crippen molar-refractivity contribution in [3.63, 3.8) is 0 Å². The molecule has 1 aromatic heterocycles. The first kappa shape index (κ1) is 19.8. The highest BCUT2D eigenvalue weighted by Crippen LogP contribution is 2.30. The minimum Gasteiger partial charge on any atom is -0.366 e. The number of nitrogens with zero attached hydrogens (tertiary/aromatic N) is 1. The first-order chi connectivity index (χ1) is 11.7. The number of carbonyl (C=O) groups excluding carboxylic acids is 1. The first-order valence-corrected chi connectivity index (χ1v) is 9.19. The van der Waals surface area contributed by atoms with Gasteiger partial charge in [-0.15, -0.1) is 23.7 Å². The number of thiazole rings is 1. The molecule has 7 heteroatoms. The van der Waals surface area contributed by atoms with Gasteiger partial charge in [0.25, 0.3) is 5.91 Å². The summed E-state index contributed by atoms with van der Waals surface area (Å²) < 4.78 is 5.47. The Labute approximate surface area is 158 Å². The molecule has 1 aromatic carbocycles. The van der Waals surface area contributed by atoms with Crippen molar-refractivity contribution in [2.75, 3.05) is 25.0 Å². The van der Waals surface area contributed by atoms with Gasteiger partial charge in [0.2, 0.25) is 0 Å². The Morgan fingerprint density at radius 2 is 2.16 bits per heavy atom. The van der Waals surface area contributed by atoms with Crippen LogP contribution in [0.1, 0.15) is 23.8 Å². The predicted octanol–water partition coefficient (Wildman–Crippen LogP) is 3.42. The van der Waals surface area contributed by atoms with E-state index in [0.717, 1.165) is 35.5 Å². The Kier molecular flexibility index (Phi) is 7.38. The summed E-state index contributed by atoms with van der Waals surface area (Å²) in [4.78, 5) is 17.9. The largest absolute Gasteiger partial charge is 0.366 e. The SMILES string of the molecule is CCCc1ccc(-c2nc(NC(=O)C3CNCCO3)sc2C)cc1.Cl. The smallest absolute Gasteiger partial charge is 0.256 e. The normalized spacial score (nSPS) is 17.0. The molecule has 1 saturated heterocycles. The minimum absolute atomic E-state index is 0. The summed E-state index contributed by atoms with van der Waals surface area (Å²) in [6, 6.07) is 8.51. The fraction of sp³-hybridized carbons (Fsp3) is 0.444. The minimum atomic E-state index is -0.445. The number of benzene rings is 1. The number of carbonyl (C=O) groups is 1. The highest BCUT2D eigenvalue weighted by Gasteiger charge is 2.23. The molecule has 0 radical (unpaired) electrons. The van der Waals surface area contributed by atoms with E-state index in [1.54, 1.807) is 0 Å². The summed E-state index contributed by atoms with van der Waals surface area (Å²) >= 11 is 1.50. The monoisotopic (exact) mass is 381 g/mol. The third-order valence-electron chi connectivity index (χ3n) is 4.01. The molecule has 1 aliphatic heterocycles. The van der Waals surface area contributed by atoms with E-state index in [1.807, 2.05) is 6.92 Å². The van der Waals surface area contributed by atoms with Gasteiger partial charge in [-0.2, -0.15) is 0 Å². The summed E-state index contributed by atoms with van der Waals surface area (Å²) in [6.45, 7) is 6.10. The van der Waals surface area contributed by atoms with Crippen molar-refractivity contribution in [3.8, 4) is 11.3 Å². The molecule has 1 fully saturated rings. The lowest BCUT2D eigenvalue weighted by Crippen LogP contribution is -2.45. The maximum Gasteiger partial charge on any atom is 0.256 e. The van der Waals surface area contributed by atoms with Crippen LogP contribution in [0.2, 0.25) is 0 Å². The van der Waals surface area contributed by atoms with Gasteiger partial charge in [0.05, 0.1) is 12.3 Å². The van der Waals surface area contributed by atoms with E-state index in [-0.39, 0.29) is 18.3 Å². The molecule has 1 unspecified atom stereocenters. The number of aryl methyl sites for hydroxylation is 2. The zero-order valence-corrected chi connectivity index (χ0v) is 16.1. The van der Waals surface area contributed by atoms with Crippen molar-refractivity contribution < 1.29 is 9.53 Å². The van der Waals surface area contributed by atoms with Crippen LogP contribution < -0.4 is 10.6 Å². The quantitative estimate of drug-likeness (QED) is 0.832. The van der Waals surface area contributed by atoms with E-state index in [1.165, 1.54) is 16.9 Å². The number of morpholine rings is 1. The molecular weight excluding hydrogens is 358 g/mol. The average Bonchev–Trinajstić information content (AvgIpc) is 2.97. The van der Waals surface area contributed by atoms with Crippen LogP contribution in [0.4, 0.5) is 5.13 Å². The second-order valence-corrected chi connectivity index (χ2v) is 7.13. The van der Waals surface area contributed by atoms with Gasteiger partial charge < -0.3 is 10.1 Å². The summed E-state index contributed by atoms with van der Waals surface area (Å²) in [5.74, 6) is -0.138. The Morgan fingerprint density at radius 3 is 2.80 bits per heavy atom. The number of hydrogen-bond acceptors (Lipinski definition) is 5. The molecule has 1 amide bonds.